The molecule has 0 aliphatic carbocycles. The highest BCUT2D eigenvalue weighted by Crippen LogP contribution is 2.28. The van der Waals surface area contributed by atoms with Crippen LogP contribution in [-0.2, 0) is 17.5 Å². The van der Waals surface area contributed by atoms with E-state index in [9.17, 15) is 22.8 Å². The standard InChI is InChI=1S/C9H9F3N2O3/c10-9(11,12)6-2-1-3-7(15)14(6)4-5(13)8(16)17/h1-3,5H,4,13H2,(H,16,17). The van der Waals surface area contributed by atoms with Gasteiger partial charge in [0.2, 0.25) is 0 Å². The van der Waals surface area contributed by atoms with Crippen molar-refractivity contribution in [3.05, 3.63) is 34.2 Å². The predicted octanol–water partition coefficient (Wildman–Crippen LogP) is 0.279. The van der Waals surface area contributed by atoms with Gasteiger partial charge in [0, 0.05) is 6.07 Å². The van der Waals surface area contributed by atoms with Crippen LogP contribution in [0.5, 0.6) is 0 Å². The number of pyridine rings is 1. The number of hydrogen-bond acceptors (Lipinski definition) is 3. The van der Waals surface area contributed by atoms with Crippen LogP contribution in [0.25, 0.3) is 0 Å². The second kappa shape index (κ2) is 4.58. The Labute approximate surface area is 93.3 Å². The number of aromatic nitrogens is 1. The molecule has 0 saturated carbocycles. The van der Waals surface area contributed by atoms with E-state index < -0.39 is 36.0 Å². The lowest BCUT2D eigenvalue weighted by atomic mass is 10.2. The number of carboxylic acids is 1. The van der Waals surface area contributed by atoms with Gasteiger partial charge in [-0.05, 0) is 6.07 Å². The molecule has 0 aliphatic heterocycles. The van der Waals surface area contributed by atoms with E-state index in [1.807, 2.05) is 0 Å². The molecule has 0 aliphatic rings. The zero-order valence-corrected chi connectivity index (χ0v) is 8.44. The molecular weight excluding hydrogens is 241 g/mol. The molecule has 8 heteroatoms. The first-order valence-corrected chi connectivity index (χ1v) is 4.49. The molecule has 0 spiro atoms. The van der Waals surface area contributed by atoms with Gasteiger partial charge in [-0.15, -0.1) is 0 Å². The first-order valence-electron chi connectivity index (χ1n) is 4.49. The molecule has 0 saturated heterocycles. The maximum atomic E-state index is 12.5. The minimum atomic E-state index is -4.74. The number of nitrogens with two attached hydrogens (primary N) is 1. The van der Waals surface area contributed by atoms with E-state index in [1.54, 1.807) is 0 Å². The highest BCUT2D eigenvalue weighted by Gasteiger charge is 2.34. The van der Waals surface area contributed by atoms with Crippen molar-refractivity contribution in [2.45, 2.75) is 18.8 Å². The lowest BCUT2D eigenvalue weighted by Crippen LogP contribution is -2.40. The predicted molar refractivity (Wildman–Crippen MR) is 51.3 cm³/mol. The summed E-state index contributed by atoms with van der Waals surface area (Å²) in [6.07, 6.45) is -4.74. The van der Waals surface area contributed by atoms with Gasteiger partial charge in [0.15, 0.2) is 0 Å². The SMILES string of the molecule is NC(Cn1c(C(F)(F)F)cccc1=O)C(=O)O. The second-order valence-electron chi connectivity index (χ2n) is 3.30. The van der Waals surface area contributed by atoms with Gasteiger partial charge in [-0.25, -0.2) is 0 Å². The molecule has 3 N–H and O–H groups in total. The van der Waals surface area contributed by atoms with E-state index >= 15 is 0 Å². The minimum absolute atomic E-state index is 0.304. The monoisotopic (exact) mass is 250 g/mol. The maximum absolute atomic E-state index is 12.5. The topological polar surface area (TPSA) is 85.3 Å². The number of carbonyl (C=O) groups is 1. The van der Waals surface area contributed by atoms with Crippen molar-refractivity contribution in [2.24, 2.45) is 5.73 Å². The van der Waals surface area contributed by atoms with Crippen LogP contribution in [0.2, 0.25) is 0 Å². The molecule has 0 fully saturated rings. The molecule has 0 radical (unpaired) electrons. The van der Waals surface area contributed by atoms with Crippen LogP contribution in [-0.4, -0.2) is 21.7 Å². The normalized spacial score (nSPS) is 13.4. The van der Waals surface area contributed by atoms with Crippen LogP contribution in [0, 0.1) is 0 Å². The summed E-state index contributed by atoms with van der Waals surface area (Å²) in [5.41, 5.74) is 2.93. The van der Waals surface area contributed by atoms with E-state index in [-0.39, 0.29) is 0 Å². The van der Waals surface area contributed by atoms with Crippen LogP contribution < -0.4 is 11.3 Å². The van der Waals surface area contributed by atoms with Gasteiger partial charge in [0.05, 0.1) is 6.54 Å². The number of carboxylic acid groups (broad SMARTS) is 1. The van der Waals surface area contributed by atoms with Crippen molar-refractivity contribution in [1.82, 2.24) is 4.57 Å². The van der Waals surface area contributed by atoms with E-state index in [4.69, 9.17) is 10.8 Å². The van der Waals surface area contributed by atoms with Crippen molar-refractivity contribution >= 4 is 5.97 Å². The van der Waals surface area contributed by atoms with Crippen LogP contribution in [0.3, 0.4) is 0 Å². The fourth-order valence-corrected chi connectivity index (χ4v) is 1.23. The molecule has 17 heavy (non-hydrogen) atoms. The first-order chi connectivity index (χ1) is 7.73. The Hall–Kier alpha value is -1.83. The Morgan fingerprint density at radius 2 is 2.06 bits per heavy atom. The van der Waals surface area contributed by atoms with Crippen molar-refractivity contribution in [3.8, 4) is 0 Å². The Bertz CT molecular complexity index is 481. The van der Waals surface area contributed by atoms with Gasteiger partial charge in [0.25, 0.3) is 5.56 Å². The summed E-state index contributed by atoms with van der Waals surface area (Å²) in [5.74, 6) is -1.48. The summed E-state index contributed by atoms with van der Waals surface area (Å²) in [7, 11) is 0. The minimum Gasteiger partial charge on any atom is -0.480 e. The van der Waals surface area contributed by atoms with Gasteiger partial charge in [-0.3, -0.25) is 9.59 Å². The number of aliphatic carboxylic acids is 1. The van der Waals surface area contributed by atoms with Crippen molar-refractivity contribution in [1.29, 1.82) is 0 Å². The van der Waals surface area contributed by atoms with Crippen molar-refractivity contribution in [3.63, 3.8) is 0 Å². The van der Waals surface area contributed by atoms with Crippen LogP contribution in [0.4, 0.5) is 13.2 Å². The summed E-state index contributed by atoms with van der Waals surface area (Å²) in [6, 6.07) is 0.976. The summed E-state index contributed by atoms with van der Waals surface area (Å²) < 4.78 is 37.9. The fraction of sp³-hybridized carbons (Fsp3) is 0.333. The third-order valence-electron chi connectivity index (χ3n) is 2.04. The van der Waals surface area contributed by atoms with E-state index in [0.717, 1.165) is 12.1 Å². The third-order valence-corrected chi connectivity index (χ3v) is 2.04. The summed E-state index contributed by atoms with van der Waals surface area (Å²) in [5, 5.41) is 8.51. The van der Waals surface area contributed by atoms with Crippen molar-refractivity contribution in [2.75, 3.05) is 0 Å². The van der Waals surface area contributed by atoms with E-state index in [1.165, 1.54) is 0 Å². The molecule has 1 atom stereocenters. The van der Waals surface area contributed by atoms with E-state index in [0.29, 0.717) is 10.6 Å². The molecule has 1 heterocycles. The molecule has 0 amide bonds. The molecule has 5 nitrogen and oxygen atoms in total. The van der Waals surface area contributed by atoms with Gasteiger partial charge >= 0.3 is 12.1 Å². The Morgan fingerprint density at radius 3 is 2.53 bits per heavy atom. The molecular formula is C9H9F3N2O3. The number of halogens is 3. The number of alkyl halides is 3. The Morgan fingerprint density at radius 1 is 1.47 bits per heavy atom. The molecule has 1 aromatic rings. The summed E-state index contributed by atoms with van der Waals surface area (Å²) in [6.45, 7) is -0.732. The van der Waals surface area contributed by atoms with Gasteiger partial charge < -0.3 is 15.4 Å². The summed E-state index contributed by atoms with van der Waals surface area (Å²) >= 11 is 0. The van der Waals surface area contributed by atoms with Gasteiger partial charge in [-0.1, -0.05) is 6.07 Å². The molecule has 1 aromatic heterocycles. The maximum Gasteiger partial charge on any atom is 0.431 e. The third kappa shape index (κ3) is 3.06. The van der Waals surface area contributed by atoms with Crippen LogP contribution in [0.15, 0.2) is 23.0 Å². The zero-order chi connectivity index (χ0) is 13.2. The van der Waals surface area contributed by atoms with Crippen LogP contribution in [0.1, 0.15) is 5.69 Å². The highest BCUT2D eigenvalue weighted by molar-refractivity contribution is 5.72. The van der Waals surface area contributed by atoms with Gasteiger partial charge in [0.1, 0.15) is 11.7 Å². The summed E-state index contributed by atoms with van der Waals surface area (Å²) in [4.78, 5) is 21.7. The smallest absolute Gasteiger partial charge is 0.431 e. The molecule has 94 valence electrons. The van der Waals surface area contributed by atoms with Gasteiger partial charge in [-0.2, -0.15) is 13.2 Å². The molecule has 0 bridgehead atoms. The van der Waals surface area contributed by atoms with E-state index in [2.05, 4.69) is 0 Å². The quantitative estimate of drug-likeness (QED) is 0.806. The van der Waals surface area contributed by atoms with Crippen molar-refractivity contribution < 1.29 is 23.1 Å². The average Bonchev–Trinajstić information content (AvgIpc) is 2.18. The molecule has 1 rings (SSSR count). The number of rotatable bonds is 3. The fourth-order valence-electron chi connectivity index (χ4n) is 1.23. The van der Waals surface area contributed by atoms with Crippen LogP contribution >= 0.6 is 0 Å². The highest BCUT2D eigenvalue weighted by atomic mass is 19.4. The molecule has 1 unspecified atom stereocenters. The Kier molecular flexibility index (Phi) is 3.56. The second-order valence-corrected chi connectivity index (χ2v) is 3.30. The number of nitrogens with zero attached hydrogens (tertiary/aromatic N) is 1. The Balaban J connectivity index is 3.22. The largest absolute Gasteiger partial charge is 0.480 e. The number of hydrogen-bond donors (Lipinski definition) is 2. The molecule has 0 aromatic carbocycles. The first kappa shape index (κ1) is 13.2. The lowest BCUT2D eigenvalue weighted by Gasteiger charge is -2.16. The zero-order valence-electron chi connectivity index (χ0n) is 8.44. The lowest BCUT2D eigenvalue weighted by molar-refractivity contribution is -0.146. The average molecular weight is 250 g/mol.